The van der Waals surface area contributed by atoms with Gasteiger partial charge in [0.2, 0.25) is 0 Å². The zero-order chi connectivity index (χ0) is 15.4. The van der Waals surface area contributed by atoms with Gasteiger partial charge in [0.15, 0.2) is 0 Å². The average Bonchev–Trinajstić information content (AvgIpc) is 2.41. The summed E-state index contributed by atoms with van der Waals surface area (Å²) in [5, 5.41) is 3.12. The van der Waals surface area contributed by atoms with Crippen LogP contribution in [-0.2, 0) is 12.8 Å². The molecule has 1 atom stereocenters. The van der Waals surface area contributed by atoms with E-state index in [9.17, 15) is 13.2 Å². The fraction of sp³-hybridized carbons (Fsp3) is 0.294. The zero-order valence-electron chi connectivity index (χ0n) is 12.1. The Morgan fingerprint density at radius 1 is 0.905 bits per heavy atom. The summed E-state index contributed by atoms with van der Waals surface area (Å²) >= 11 is 0. The van der Waals surface area contributed by atoms with Crippen LogP contribution in [0.2, 0.25) is 0 Å². The first kappa shape index (κ1) is 15.6. The zero-order valence-corrected chi connectivity index (χ0v) is 12.1. The normalized spacial score (nSPS) is 12.4. The maximum atomic E-state index is 13.3. The molecule has 21 heavy (non-hydrogen) atoms. The molecule has 0 aliphatic carbocycles. The summed E-state index contributed by atoms with van der Waals surface area (Å²) in [5.41, 5.74) is 2.48. The van der Waals surface area contributed by atoms with Crippen LogP contribution in [0.3, 0.4) is 0 Å². The van der Waals surface area contributed by atoms with Crippen molar-refractivity contribution in [2.75, 3.05) is 7.05 Å². The van der Waals surface area contributed by atoms with Crippen LogP contribution in [0.1, 0.15) is 16.7 Å². The van der Waals surface area contributed by atoms with Crippen molar-refractivity contribution >= 4 is 0 Å². The summed E-state index contributed by atoms with van der Waals surface area (Å²) in [6, 6.07) is 8.15. The average molecular weight is 293 g/mol. The number of nitrogens with one attached hydrogen (secondary N) is 1. The van der Waals surface area contributed by atoms with Crippen LogP contribution >= 0.6 is 0 Å². The van der Waals surface area contributed by atoms with Gasteiger partial charge in [-0.05, 0) is 67.8 Å². The van der Waals surface area contributed by atoms with E-state index < -0.39 is 11.6 Å². The van der Waals surface area contributed by atoms with Gasteiger partial charge in [-0.25, -0.2) is 13.2 Å². The Morgan fingerprint density at radius 3 is 2.19 bits per heavy atom. The molecule has 4 heteroatoms. The Balaban J connectivity index is 2.14. The number of hydrogen-bond donors (Lipinski definition) is 1. The minimum absolute atomic E-state index is 0.0216. The smallest absolute Gasteiger partial charge is 0.126 e. The molecular formula is C17H18F3N. The van der Waals surface area contributed by atoms with Gasteiger partial charge in [-0.15, -0.1) is 0 Å². The maximum Gasteiger partial charge on any atom is 0.126 e. The number of likely N-dealkylation sites (N-methyl/N-ethyl adjacent to an activating group) is 1. The highest BCUT2D eigenvalue weighted by Crippen LogP contribution is 2.16. The Hall–Kier alpha value is -1.81. The Kier molecular flexibility index (Phi) is 5.02. The molecule has 0 amide bonds. The van der Waals surface area contributed by atoms with Crippen LogP contribution in [0.15, 0.2) is 36.4 Å². The van der Waals surface area contributed by atoms with Gasteiger partial charge in [0, 0.05) is 12.1 Å². The van der Waals surface area contributed by atoms with E-state index in [1.54, 1.807) is 13.1 Å². The first-order valence-electron chi connectivity index (χ1n) is 6.85. The fourth-order valence-electron chi connectivity index (χ4n) is 2.42. The molecule has 2 aromatic rings. The number of halogens is 3. The Labute approximate surface area is 122 Å². The number of hydrogen-bond acceptors (Lipinski definition) is 1. The van der Waals surface area contributed by atoms with E-state index in [1.807, 2.05) is 6.92 Å². The molecule has 1 unspecified atom stereocenters. The molecule has 0 saturated heterocycles. The van der Waals surface area contributed by atoms with E-state index in [2.05, 4.69) is 5.32 Å². The van der Waals surface area contributed by atoms with Gasteiger partial charge in [-0.1, -0.05) is 6.07 Å². The third-order valence-corrected chi connectivity index (χ3v) is 3.59. The van der Waals surface area contributed by atoms with E-state index in [-0.39, 0.29) is 11.9 Å². The van der Waals surface area contributed by atoms with E-state index in [1.165, 1.54) is 24.3 Å². The minimum atomic E-state index is -0.582. The predicted octanol–water partition coefficient (Wildman–Crippen LogP) is 3.79. The Morgan fingerprint density at radius 2 is 1.57 bits per heavy atom. The van der Waals surface area contributed by atoms with Crippen molar-refractivity contribution in [3.8, 4) is 0 Å². The van der Waals surface area contributed by atoms with Gasteiger partial charge in [0.1, 0.15) is 17.5 Å². The van der Waals surface area contributed by atoms with Gasteiger partial charge in [-0.3, -0.25) is 0 Å². The summed E-state index contributed by atoms with van der Waals surface area (Å²) in [5.74, 6) is -1.44. The third-order valence-electron chi connectivity index (χ3n) is 3.59. The number of aryl methyl sites for hydroxylation is 1. The fourth-order valence-corrected chi connectivity index (χ4v) is 2.42. The van der Waals surface area contributed by atoms with Crippen LogP contribution in [0.5, 0.6) is 0 Å². The molecular weight excluding hydrogens is 275 g/mol. The number of rotatable bonds is 5. The monoisotopic (exact) mass is 293 g/mol. The van der Waals surface area contributed by atoms with Crippen LogP contribution in [0.4, 0.5) is 13.2 Å². The van der Waals surface area contributed by atoms with Crippen LogP contribution in [0, 0.1) is 24.4 Å². The second kappa shape index (κ2) is 6.76. The molecule has 1 nitrogen and oxygen atoms in total. The van der Waals surface area contributed by atoms with Crippen molar-refractivity contribution in [3.63, 3.8) is 0 Å². The molecule has 0 radical (unpaired) electrons. The molecule has 0 aliphatic heterocycles. The lowest BCUT2D eigenvalue weighted by atomic mass is 9.96. The van der Waals surface area contributed by atoms with Crippen molar-refractivity contribution in [3.05, 3.63) is 70.5 Å². The van der Waals surface area contributed by atoms with Crippen molar-refractivity contribution in [1.82, 2.24) is 5.32 Å². The molecule has 0 aromatic heterocycles. The molecule has 2 rings (SSSR count). The summed E-state index contributed by atoms with van der Waals surface area (Å²) in [6.07, 6.45) is 1.07. The highest BCUT2D eigenvalue weighted by Gasteiger charge is 2.12. The standard InChI is InChI=1S/C17H18F3N/c1-11-3-4-14(18)8-13(11)9-17(21-2)7-12-5-15(19)10-16(20)6-12/h3-6,8,10,17,21H,7,9H2,1-2H3. The van der Waals surface area contributed by atoms with Crippen molar-refractivity contribution in [1.29, 1.82) is 0 Å². The quantitative estimate of drug-likeness (QED) is 0.884. The second-order valence-electron chi connectivity index (χ2n) is 5.24. The molecule has 0 heterocycles. The van der Waals surface area contributed by atoms with Crippen molar-refractivity contribution < 1.29 is 13.2 Å². The van der Waals surface area contributed by atoms with Crippen LogP contribution in [-0.4, -0.2) is 13.1 Å². The van der Waals surface area contributed by atoms with E-state index in [4.69, 9.17) is 0 Å². The molecule has 0 aliphatic rings. The van der Waals surface area contributed by atoms with E-state index in [0.717, 1.165) is 17.2 Å². The first-order valence-corrected chi connectivity index (χ1v) is 6.85. The van der Waals surface area contributed by atoms with Gasteiger partial charge in [-0.2, -0.15) is 0 Å². The molecule has 2 aromatic carbocycles. The number of benzene rings is 2. The van der Waals surface area contributed by atoms with Crippen molar-refractivity contribution in [2.24, 2.45) is 0 Å². The first-order chi connectivity index (χ1) is 9.97. The van der Waals surface area contributed by atoms with E-state index in [0.29, 0.717) is 18.4 Å². The molecule has 0 saturated carbocycles. The SMILES string of the molecule is CNC(Cc1cc(F)cc(F)c1)Cc1cc(F)ccc1C. The molecule has 0 fully saturated rings. The van der Waals surface area contributed by atoms with Crippen molar-refractivity contribution in [2.45, 2.75) is 25.8 Å². The van der Waals surface area contributed by atoms with E-state index >= 15 is 0 Å². The van der Waals surface area contributed by atoms with Crippen LogP contribution in [0.25, 0.3) is 0 Å². The molecule has 1 N–H and O–H groups in total. The summed E-state index contributed by atoms with van der Waals surface area (Å²) in [7, 11) is 1.79. The summed E-state index contributed by atoms with van der Waals surface area (Å²) in [6.45, 7) is 1.92. The van der Waals surface area contributed by atoms with Gasteiger partial charge in [0.05, 0.1) is 0 Å². The van der Waals surface area contributed by atoms with Crippen LogP contribution < -0.4 is 5.32 Å². The molecule has 112 valence electrons. The third kappa shape index (κ3) is 4.33. The largest absolute Gasteiger partial charge is 0.316 e. The summed E-state index contributed by atoms with van der Waals surface area (Å²) in [4.78, 5) is 0. The van der Waals surface area contributed by atoms with Gasteiger partial charge < -0.3 is 5.32 Å². The minimum Gasteiger partial charge on any atom is -0.316 e. The highest BCUT2D eigenvalue weighted by atomic mass is 19.1. The van der Waals surface area contributed by atoms with Gasteiger partial charge in [0.25, 0.3) is 0 Å². The summed E-state index contributed by atoms with van der Waals surface area (Å²) < 4.78 is 39.7. The highest BCUT2D eigenvalue weighted by molar-refractivity contribution is 5.28. The second-order valence-corrected chi connectivity index (χ2v) is 5.24. The lowest BCUT2D eigenvalue weighted by Crippen LogP contribution is -2.30. The molecule has 0 spiro atoms. The molecule has 0 bridgehead atoms. The lowest BCUT2D eigenvalue weighted by molar-refractivity contribution is 0.540. The maximum absolute atomic E-state index is 13.3. The topological polar surface area (TPSA) is 12.0 Å². The lowest BCUT2D eigenvalue weighted by Gasteiger charge is -2.18. The predicted molar refractivity (Wildman–Crippen MR) is 77.8 cm³/mol. The Bertz CT molecular complexity index is 605. The van der Waals surface area contributed by atoms with Gasteiger partial charge >= 0.3 is 0 Å².